The van der Waals surface area contributed by atoms with E-state index in [0.717, 1.165) is 5.56 Å². The number of nitrogens with two attached hydrogens (primary N) is 1. The third kappa shape index (κ3) is 4.61. The smallest absolute Gasteiger partial charge is 0.234 e. The van der Waals surface area contributed by atoms with Crippen molar-refractivity contribution in [1.82, 2.24) is 9.97 Å². The molecule has 1 amide bonds. The van der Waals surface area contributed by atoms with Crippen molar-refractivity contribution < 1.29 is 9.53 Å². The summed E-state index contributed by atoms with van der Waals surface area (Å²) in [5.74, 6) is 0.224. The van der Waals surface area contributed by atoms with Crippen LogP contribution in [0.2, 0.25) is 5.15 Å². The van der Waals surface area contributed by atoms with Crippen molar-refractivity contribution in [3.63, 3.8) is 0 Å². The van der Waals surface area contributed by atoms with Crippen molar-refractivity contribution in [2.75, 3.05) is 18.2 Å². The molecule has 1 aromatic heterocycles. The van der Waals surface area contributed by atoms with Gasteiger partial charge in [-0.1, -0.05) is 23.7 Å². The lowest BCUT2D eigenvalue weighted by Gasteiger charge is -2.06. The molecule has 0 unspecified atom stereocenters. The lowest BCUT2D eigenvalue weighted by molar-refractivity contribution is -0.116. The second-order valence-electron chi connectivity index (χ2n) is 4.35. The van der Waals surface area contributed by atoms with Crippen LogP contribution in [0.15, 0.2) is 30.3 Å². The van der Waals surface area contributed by atoms with Crippen molar-refractivity contribution in [1.29, 1.82) is 0 Å². The van der Waals surface area contributed by atoms with Crippen molar-refractivity contribution >= 4 is 29.1 Å². The first-order valence-electron chi connectivity index (χ1n) is 6.29. The summed E-state index contributed by atoms with van der Waals surface area (Å²) < 4.78 is 4.96. The van der Waals surface area contributed by atoms with Gasteiger partial charge in [0.1, 0.15) is 5.15 Å². The molecule has 110 valence electrons. The number of hydrogen-bond donors (Lipinski definition) is 2. The van der Waals surface area contributed by atoms with Crippen LogP contribution in [-0.4, -0.2) is 23.0 Å². The Morgan fingerprint density at radius 1 is 1.33 bits per heavy atom. The number of nitrogens with one attached hydrogen (secondary N) is 1. The minimum Gasteiger partial charge on any atom is -0.481 e. The molecule has 2 rings (SSSR count). The van der Waals surface area contributed by atoms with Crippen molar-refractivity contribution in [2.45, 2.75) is 12.8 Å². The summed E-state index contributed by atoms with van der Waals surface area (Å²) in [5, 5.41) is 2.79. The maximum Gasteiger partial charge on any atom is 0.234 e. The number of rotatable bonds is 5. The van der Waals surface area contributed by atoms with Crippen LogP contribution in [0.1, 0.15) is 12.0 Å². The Hall–Kier alpha value is -2.34. The van der Waals surface area contributed by atoms with Crippen LogP contribution in [0.25, 0.3) is 0 Å². The summed E-state index contributed by atoms with van der Waals surface area (Å²) in [5.41, 5.74) is 7.33. The van der Waals surface area contributed by atoms with E-state index >= 15 is 0 Å². The molecule has 0 spiro atoms. The minimum absolute atomic E-state index is 0.127. The number of carbonyl (C=O) groups is 1. The van der Waals surface area contributed by atoms with E-state index in [1.807, 2.05) is 12.1 Å². The van der Waals surface area contributed by atoms with Crippen LogP contribution in [0, 0.1) is 0 Å². The quantitative estimate of drug-likeness (QED) is 0.653. The molecule has 0 atom stereocenters. The Bertz CT molecular complexity index is 631. The predicted molar refractivity (Wildman–Crippen MR) is 81.4 cm³/mol. The van der Waals surface area contributed by atoms with E-state index in [4.69, 9.17) is 22.1 Å². The molecule has 3 N–H and O–H groups in total. The first-order valence-corrected chi connectivity index (χ1v) is 6.67. The highest BCUT2D eigenvalue weighted by Gasteiger charge is 2.08. The van der Waals surface area contributed by atoms with Gasteiger partial charge in [0, 0.05) is 18.2 Å². The zero-order chi connectivity index (χ0) is 15.2. The molecule has 0 aliphatic heterocycles. The highest BCUT2D eigenvalue weighted by atomic mass is 35.5. The first kappa shape index (κ1) is 15.1. The fourth-order valence-corrected chi connectivity index (χ4v) is 1.86. The minimum atomic E-state index is -0.198. The summed E-state index contributed by atoms with van der Waals surface area (Å²) in [7, 11) is 1.46. The number of nitrogen functional groups attached to an aromatic ring is 1. The van der Waals surface area contributed by atoms with Gasteiger partial charge >= 0.3 is 0 Å². The Kier molecular flexibility index (Phi) is 4.94. The Morgan fingerprint density at radius 3 is 2.71 bits per heavy atom. The fraction of sp³-hybridized carbons (Fsp3) is 0.214. The van der Waals surface area contributed by atoms with E-state index in [-0.39, 0.29) is 17.0 Å². The summed E-state index contributed by atoms with van der Waals surface area (Å²) >= 11 is 5.81. The van der Waals surface area contributed by atoms with Crippen LogP contribution >= 0.6 is 11.6 Å². The summed E-state index contributed by atoms with van der Waals surface area (Å²) in [4.78, 5) is 19.8. The average Bonchev–Trinajstić information content (AvgIpc) is 2.46. The molecule has 0 saturated heterocycles. The van der Waals surface area contributed by atoms with E-state index < -0.39 is 0 Å². The lowest BCUT2D eigenvalue weighted by atomic mass is 10.1. The fourth-order valence-electron chi connectivity index (χ4n) is 1.69. The number of aromatic nitrogens is 2. The third-order valence-corrected chi connectivity index (χ3v) is 2.95. The molecule has 0 saturated carbocycles. The number of amides is 1. The number of benzene rings is 1. The molecule has 0 radical (unpaired) electrons. The highest BCUT2D eigenvalue weighted by Crippen LogP contribution is 2.16. The SMILES string of the molecule is COc1cc(Cl)nc(NC(=O)CCc2ccc(N)cc2)n1. The Labute approximate surface area is 127 Å². The monoisotopic (exact) mass is 306 g/mol. The van der Waals surface area contributed by atoms with Gasteiger partial charge < -0.3 is 10.5 Å². The number of anilines is 2. The van der Waals surface area contributed by atoms with Crippen molar-refractivity contribution in [2.24, 2.45) is 0 Å². The van der Waals surface area contributed by atoms with Gasteiger partial charge in [-0.25, -0.2) is 4.98 Å². The average molecular weight is 307 g/mol. The molecule has 0 fully saturated rings. The predicted octanol–water partition coefficient (Wildman–Crippen LogP) is 2.29. The van der Waals surface area contributed by atoms with E-state index in [1.165, 1.54) is 13.2 Å². The van der Waals surface area contributed by atoms with Crippen LogP contribution in [0.5, 0.6) is 5.88 Å². The second kappa shape index (κ2) is 6.90. The largest absolute Gasteiger partial charge is 0.481 e. The van der Waals surface area contributed by atoms with Gasteiger partial charge in [-0.15, -0.1) is 0 Å². The third-order valence-electron chi connectivity index (χ3n) is 2.75. The first-order chi connectivity index (χ1) is 10.1. The van der Waals surface area contributed by atoms with Crippen LogP contribution in [0.4, 0.5) is 11.6 Å². The van der Waals surface area contributed by atoms with E-state index in [0.29, 0.717) is 24.4 Å². The van der Waals surface area contributed by atoms with Gasteiger partial charge in [0.25, 0.3) is 0 Å². The molecular weight excluding hydrogens is 292 g/mol. The number of nitrogens with zero attached hydrogens (tertiary/aromatic N) is 2. The Morgan fingerprint density at radius 2 is 2.05 bits per heavy atom. The van der Waals surface area contributed by atoms with E-state index in [1.54, 1.807) is 12.1 Å². The summed E-state index contributed by atoms with van der Waals surface area (Å²) in [6.07, 6.45) is 0.909. The Balaban J connectivity index is 1.92. The maximum atomic E-state index is 11.9. The number of carbonyl (C=O) groups excluding carboxylic acids is 1. The molecule has 1 aromatic carbocycles. The van der Waals surface area contributed by atoms with Gasteiger partial charge in [-0.2, -0.15) is 4.98 Å². The molecule has 1 heterocycles. The highest BCUT2D eigenvalue weighted by molar-refractivity contribution is 6.29. The van der Waals surface area contributed by atoms with Crippen LogP contribution in [0.3, 0.4) is 0 Å². The molecule has 0 bridgehead atoms. The standard InChI is InChI=1S/C14H15ClN4O2/c1-21-13-8-11(15)17-14(19-13)18-12(20)7-4-9-2-5-10(16)6-3-9/h2-3,5-6,8H,4,7,16H2,1H3,(H,17,18,19,20). The summed E-state index contributed by atoms with van der Waals surface area (Å²) in [6, 6.07) is 8.85. The maximum absolute atomic E-state index is 11.9. The molecule has 21 heavy (non-hydrogen) atoms. The zero-order valence-electron chi connectivity index (χ0n) is 11.5. The number of ether oxygens (including phenoxy) is 1. The van der Waals surface area contributed by atoms with Crippen molar-refractivity contribution in [3.8, 4) is 5.88 Å². The second-order valence-corrected chi connectivity index (χ2v) is 4.73. The molecular formula is C14H15ClN4O2. The molecule has 0 aliphatic carbocycles. The normalized spacial score (nSPS) is 10.2. The van der Waals surface area contributed by atoms with Gasteiger partial charge in [0.05, 0.1) is 7.11 Å². The topological polar surface area (TPSA) is 90.1 Å². The molecule has 7 heteroatoms. The van der Waals surface area contributed by atoms with Gasteiger partial charge in [0.15, 0.2) is 0 Å². The number of aryl methyl sites for hydroxylation is 1. The molecule has 6 nitrogen and oxygen atoms in total. The van der Waals surface area contributed by atoms with Gasteiger partial charge in [0.2, 0.25) is 17.7 Å². The van der Waals surface area contributed by atoms with Crippen LogP contribution < -0.4 is 15.8 Å². The number of methoxy groups -OCH3 is 1. The van der Waals surface area contributed by atoms with E-state index in [2.05, 4.69) is 15.3 Å². The van der Waals surface area contributed by atoms with Crippen molar-refractivity contribution in [3.05, 3.63) is 41.0 Å². The lowest BCUT2D eigenvalue weighted by Crippen LogP contribution is -2.15. The van der Waals surface area contributed by atoms with Gasteiger partial charge in [-0.3, -0.25) is 10.1 Å². The van der Waals surface area contributed by atoms with E-state index in [9.17, 15) is 4.79 Å². The molecule has 2 aromatic rings. The number of halogens is 1. The van der Waals surface area contributed by atoms with Gasteiger partial charge in [-0.05, 0) is 24.1 Å². The summed E-state index contributed by atoms with van der Waals surface area (Å²) in [6.45, 7) is 0. The molecule has 0 aliphatic rings. The van der Waals surface area contributed by atoms with Crippen LogP contribution in [-0.2, 0) is 11.2 Å². The zero-order valence-corrected chi connectivity index (χ0v) is 12.2. The number of hydrogen-bond acceptors (Lipinski definition) is 5.